The zero-order valence-electron chi connectivity index (χ0n) is 14.5. The van der Waals surface area contributed by atoms with Crippen molar-refractivity contribution in [2.75, 3.05) is 5.32 Å². The Kier molecular flexibility index (Phi) is 4.46. The molecule has 0 atom stereocenters. The third-order valence-electron chi connectivity index (χ3n) is 3.94. The number of aromatic nitrogens is 2. The third kappa shape index (κ3) is 3.52. The summed E-state index contributed by atoms with van der Waals surface area (Å²) in [6.45, 7) is 1.66. The second-order valence-electron chi connectivity index (χ2n) is 5.94. The highest BCUT2D eigenvalue weighted by Crippen LogP contribution is 2.29. The van der Waals surface area contributed by atoms with Crippen LogP contribution in [0.25, 0.3) is 21.7 Å². The predicted octanol–water partition coefficient (Wildman–Crippen LogP) is 3.16. The van der Waals surface area contributed by atoms with E-state index in [4.69, 9.17) is 9.56 Å². The van der Waals surface area contributed by atoms with E-state index in [0.29, 0.717) is 27.0 Å². The van der Waals surface area contributed by atoms with E-state index in [0.717, 1.165) is 16.9 Å². The number of anilines is 1. The molecule has 0 spiro atoms. The average molecular weight is 414 g/mol. The lowest BCUT2D eigenvalue weighted by atomic mass is 10.2. The first-order valence-corrected chi connectivity index (χ1v) is 10.4. The Morgan fingerprint density at radius 2 is 1.89 bits per heavy atom. The van der Waals surface area contributed by atoms with Crippen LogP contribution in [0.5, 0.6) is 0 Å². The topological polar surface area (TPSA) is 128 Å². The van der Waals surface area contributed by atoms with E-state index in [1.54, 1.807) is 6.92 Å². The number of rotatable bonds is 4. The van der Waals surface area contributed by atoms with Crippen molar-refractivity contribution < 1.29 is 17.6 Å². The Labute approximate surface area is 164 Å². The summed E-state index contributed by atoms with van der Waals surface area (Å²) in [6, 6.07) is 13.6. The van der Waals surface area contributed by atoms with Crippen LogP contribution in [0.1, 0.15) is 16.2 Å². The fourth-order valence-electron chi connectivity index (χ4n) is 2.60. The summed E-state index contributed by atoms with van der Waals surface area (Å²) in [4.78, 5) is 21.2. The van der Waals surface area contributed by atoms with Gasteiger partial charge in [0.2, 0.25) is 15.9 Å². The molecular formula is C18H14N4O4S2. The minimum atomic E-state index is -3.81. The molecule has 4 rings (SSSR count). The molecule has 0 aliphatic rings. The predicted molar refractivity (Wildman–Crippen MR) is 106 cm³/mol. The minimum absolute atomic E-state index is 0.0126. The summed E-state index contributed by atoms with van der Waals surface area (Å²) in [7, 11) is -3.81. The maximum absolute atomic E-state index is 12.6. The van der Waals surface area contributed by atoms with Crippen molar-refractivity contribution >= 4 is 42.6 Å². The van der Waals surface area contributed by atoms with Gasteiger partial charge in [-0.05, 0) is 37.3 Å². The van der Waals surface area contributed by atoms with Crippen molar-refractivity contribution in [2.24, 2.45) is 5.14 Å². The molecule has 8 nitrogen and oxygen atoms in total. The third-order valence-corrected chi connectivity index (χ3v) is 5.79. The zero-order chi connectivity index (χ0) is 19.9. The van der Waals surface area contributed by atoms with Gasteiger partial charge in [-0.2, -0.15) is 0 Å². The molecule has 142 valence electrons. The standard InChI is InChI=1S/C18H14N4O4S2/c1-10-15(21-17(26-10)11-5-3-2-4-6-11)16(23)22-18-20-13-8-7-12(28(19,24)25)9-14(13)27-18/h2-9H,1H3,(H2,19,24,25)(H,20,22,23). The van der Waals surface area contributed by atoms with Crippen molar-refractivity contribution in [3.05, 3.63) is 60.0 Å². The highest BCUT2D eigenvalue weighted by Gasteiger charge is 2.20. The molecule has 4 aromatic rings. The van der Waals surface area contributed by atoms with Gasteiger partial charge in [-0.25, -0.2) is 23.5 Å². The quantitative estimate of drug-likeness (QED) is 0.528. The van der Waals surface area contributed by atoms with E-state index in [1.165, 1.54) is 18.2 Å². The smallest absolute Gasteiger partial charge is 0.279 e. The van der Waals surface area contributed by atoms with Crippen LogP contribution in [-0.2, 0) is 10.0 Å². The summed E-state index contributed by atoms with van der Waals surface area (Å²) in [5, 5.41) is 8.14. The number of amides is 1. The van der Waals surface area contributed by atoms with E-state index < -0.39 is 15.9 Å². The van der Waals surface area contributed by atoms with Crippen molar-refractivity contribution in [1.29, 1.82) is 0 Å². The van der Waals surface area contributed by atoms with Crippen LogP contribution >= 0.6 is 11.3 Å². The first kappa shape index (κ1) is 18.3. The lowest BCUT2D eigenvalue weighted by Gasteiger charge is -1.97. The first-order valence-electron chi connectivity index (χ1n) is 8.09. The number of benzene rings is 2. The van der Waals surface area contributed by atoms with E-state index in [1.807, 2.05) is 30.3 Å². The lowest BCUT2D eigenvalue weighted by molar-refractivity contribution is 0.102. The van der Waals surface area contributed by atoms with Crippen molar-refractivity contribution in [2.45, 2.75) is 11.8 Å². The average Bonchev–Trinajstić information content (AvgIpc) is 3.23. The summed E-state index contributed by atoms with van der Waals surface area (Å²) in [6.07, 6.45) is 0. The van der Waals surface area contributed by atoms with Crippen molar-refractivity contribution in [3.63, 3.8) is 0 Å². The van der Waals surface area contributed by atoms with E-state index in [9.17, 15) is 13.2 Å². The summed E-state index contributed by atoms with van der Waals surface area (Å²) in [5.41, 5.74) is 1.47. The highest BCUT2D eigenvalue weighted by molar-refractivity contribution is 7.89. The Bertz CT molecular complexity index is 1290. The fourth-order valence-corrected chi connectivity index (χ4v) is 4.12. The van der Waals surface area contributed by atoms with Crippen LogP contribution in [0, 0.1) is 6.92 Å². The number of carbonyl (C=O) groups is 1. The number of hydrogen-bond acceptors (Lipinski definition) is 7. The number of carbonyl (C=O) groups excluding carboxylic acids is 1. The number of aryl methyl sites for hydroxylation is 1. The number of nitrogens with one attached hydrogen (secondary N) is 1. The van der Waals surface area contributed by atoms with Gasteiger partial charge >= 0.3 is 0 Å². The molecule has 0 unspecified atom stereocenters. The highest BCUT2D eigenvalue weighted by atomic mass is 32.2. The molecule has 0 bridgehead atoms. The molecule has 0 aliphatic carbocycles. The second-order valence-corrected chi connectivity index (χ2v) is 8.53. The number of thiazole rings is 1. The molecule has 0 saturated carbocycles. The van der Waals surface area contributed by atoms with Crippen LogP contribution in [0.3, 0.4) is 0 Å². The molecule has 10 heteroatoms. The number of nitrogens with two attached hydrogens (primary N) is 1. The number of nitrogens with zero attached hydrogens (tertiary/aromatic N) is 2. The summed E-state index contributed by atoms with van der Waals surface area (Å²) >= 11 is 1.14. The van der Waals surface area contributed by atoms with E-state index in [2.05, 4.69) is 15.3 Å². The van der Waals surface area contributed by atoms with Crippen LogP contribution in [0.2, 0.25) is 0 Å². The molecule has 2 aromatic heterocycles. The van der Waals surface area contributed by atoms with Crippen molar-refractivity contribution in [1.82, 2.24) is 9.97 Å². The molecule has 28 heavy (non-hydrogen) atoms. The molecule has 0 fully saturated rings. The maximum Gasteiger partial charge on any atom is 0.279 e. The number of fused-ring (bicyclic) bond motifs is 1. The molecule has 0 radical (unpaired) electrons. The second kappa shape index (κ2) is 6.82. The Balaban J connectivity index is 1.61. The molecular weight excluding hydrogens is 400 g/mol. The monoisotopic (exact) mass is 414 g/mol. The van der Waals surface area contributed by atoms with E-state index >= 15 is 0 Å². The molecule has 3 N–H and O–H groups in total. The number of hydrogen-bond donors (Lipinski definition) is 2. The van der Waals surface area contributed by atoms with Crippen LogP contribution in [0.4, 0.5) is 5.13 Å². The molecule has 2 heterocycles. The van der Waals surface area contributed by atoms with Gasteiger partial charge in [-0.3, -0.25) is 10.1 Å². The first-order chi connectivity index (χ1) is 13.3. The number of primary sulfonamides is 1. The fraction of sp³-hybridized carbons (Fsp3) is 0.0556. The maximum atomic E-state index is 12.6. The van der Waals surface area contributed by atoms with Gasteiger partial charge in [-0.1, -0.05) is 29.5 Å². The zero-order valence-corrected chi connectivity index (χ0v) is 16.2. The Morgan fingerprint density at radius 3 is 2.61 bits per heavy atom. The lowest BCUT2D eigenvalue weighted by Crippen LogP contribution is -2.13. The summed E-state index contributed by atoms with van der Waals surface area (Å²) in [5.74, 6) is 0.272. The number of sulfonamides is 1. The molecule has 1 amide bonds. The van der Waals surface area contributed by atoms with Gasteiger partial charge in [0.25, 0.3) is 5.91 Å². The number of oxazole rings is 1. The van der Waals surface area contributed by atoms with Gasteiger partial charge in [0.05, 0.1) is 15.1 Å². The SMILES string of the molecule is Cc1oc(-c2ccccc2)nc1C(=O)Nc1nc2ccc(S(N)(=O)=O)cc2s1. The molecule has 0 saturated heterocycles. The van der Waals surface area contributed by atoms with Gasteiger partial charge in [0.15, 0.2) is 10.8 Å². The normalized spacial score (nSPS) is 11.6. The van der Waals surface area contributed by atoms with Crippen LogP contribution < -0.4 is 10.5 Å². The van der Waals surface area contributed by atoms with Gasteiger partial charge in [-0.15, -0.1) is 0 Å². The Hall–Kier alpha value is -3.08. The minimum Gasteiger partial charge on any atom is -0.441 e. The van der Waals surface area contributed by atoms with Crippen LogP contribution in [-0.4, -0.2) is 24.3 Å². The molecule has 0 aliphatic heterocycles. The van der Waals surface area contributed by atoms with Gasteiger partial charge in [0, 0.05) is 5.56 Å². The van der Waals surface area contributed by atoms with Crippen LogP contribution in [0.15, 0.2) is 57.8 Å². The molecule has 2 aromatic carbocycles. The van der Waals surface area contributed by atoms with Crippen molar-refractivity contribution in [3.8, 4) is 11.5 Å². The Morgan fingerprint density at radius 1 is 1.14 bits per heavy atom. The summed E-state index contributed by atoms with van der Waals surface area (Å²) < 4.78 is 29.1. The largest absolute Gasteiger partial charge is 0.441 e. The van der Waals surface area contributed by atoms with E-state index in [-0.39, 0.29) is 10.6 Å². The van der Waals surface area contributed by atoms with Gasteiger partial charge < -0.3 is 4.42 Å². The van der Waals surface area contributed by atoms with Gasteiger partial charge in [0.1, 0.15) is 5.76 Å².